The van der Waals surface area contributed by atoms with Crippen molar-refractivity contribution in [2.24, 2.45) is 11.8 Å². The fraction of sp³-hybridized carbons (Fsp3) is 0.667. The summed E-state index contributed by atoms with van der Waals surface area (Å²) in [7, 11) is 1.93. The summed E-state index contributed by atoms with van der Waals surface area (Å²) in [5.41, 5.74) is 0.974. The van der Waals surface area contributed by atoms with Crippen LogP contribution in [0.4, 0.5) is 8.78 Å². The summed E-state index contributed by atoms with van der Waals surface area (Å²) in [4.78, 5) is 0. The molecule has 3 atom stereocenters. The summed E-state index contributed by atoms with van der Waals surface area (Å²) in [6, 6.07) is 3.52. The van der Waals surface area contributed by atoms with Crippen molar-refractivity contribution in [2.45, 2.75) is 51.9 Å². The standard InChI is InChI=1S/C18H27F2N/c1-4-5-13-7-8-14(11-21-3)16(10-13)15-9-6-12(2)17(19)18(15)20/h6,9,13-14,16,21H,4-5,7-8,10-11H2,1-3H3. The Kier molecular flexibility index (Phi) is 5.74. The third-order valence-corrected chi connectivity index (χ3v) is 4.97. The molecule has 21 heavy (non-hydrogen) atoms. The molecule has 1 aliphatic carbocycles. The molecule has 1 fully saturated rings. The maximum Gasteiger partial charge on any atom is 0.162 e. The molecule has 1 N–H and O–H groups in total. The molecule has 0 amide bonds. The van der Waals surface area contributed by atoms with Gasteiger partial charge in [0.25, 0.3) is 0 Å². The highest BCUT2D eigenvalue weighted by Gasteiger charge is 2.33. The largest absolute Gasteiger partial charge is 0.319 e. The van der Waals surface area contributed by atoms with E-state index >= 15 is 0 Å². The van der Waals surface area contributed by atoms with Crippen molar-refractivity contribution in [2.75, 3.05) is 13.6 Å². The van der Waals surface area contributed by atoms with Gasteiger partial charge in [-0.15, -0.1) is 0 Å². The van der Waals surface area contributed by atoms with Gasteiger partial charge in [-0.2, -0.15) is 0 Å². The first-order chi connectivity index (χ1) is 10.1. The molecule has 0 saturated heterocycles. The smallest absolute Gasteiger partial charge is 0.162 e. The van der Waals surface area contributed by atoms with Gasteiger partial charge in [0.05, 0.1) is 0 Å². The van der Waals surface area contributed by atoms with Gasteiger partial charge < -0.3 is 5.32 Å². The molecule has 118 valence electrons. The van der Waals surface area contributed by atoms with Gasteiger partial charge in [-0.25, -0.2) is 8.78 Å². The lowest BCUT2D eigenvalue weighted by Crippen LogP contribution is -2.31. The molecule has 0 spiro atoms. The Morgan fingerprint density at radius 3 is 2.62 bits per heavy atom. The monoisotopic (exact) mass is 295 g/mol. The number of hydrogen-bond donors (Lipinski definition) is 1. The minimum Gasteiger partial charge on any atom is -0.319 e. The van der Waals surface area contributed by atoms with Gasteiger partial charge in [0.2, 0.25) is 0 Å². The van der Waals surface area contributed by atoms with Gasteiger partial charge in [0, 0.05) is 0 Å². The number of aryl methyl sites for hydroxylation is 1. The Hall–Kier alpha value is -0.960. The number of halogens is 2. The van der Waals surface area contributed by atoms with E-state index in [9.17, 15) is 8.78 Å². The van der Waals surface area contributed by atoms with Gasteiger partial charge in [-0.05, 0) is 62.2 Å². The Bertz CT molecular complexity index is 473. The van der Waals surface area contributed by atoms with Crippen molar-refractivity contribution < 1.29 is 8.78 Å². The summed E-state index contributed by atoms with van der Waals surface area (Å²) in [5.74, 6) is -0.110. The first kappa shape index (κ1) is 16.4. The van der Waals surface area contributed by atoms with Crippen molar-refractivity contribution in [1.82, 2.24) is 5.32 Å². The van der Waals surface area contributed by atoms with Crippen LogP contribution in [0.3, 0.4) is 0 Å². The minimum absolute atomic E-state index is 0.137. The van der Waals surface area contributed by atoms with Crippen molar-refractivity contribution in [3.63, 3.8) is 0 Å². The molecule has 0 radical (unpaired) electrons. The molecular weight excluding hydrogens is 268 g/mol. The van der Waals surface area contributed by atoms with Crippen LogP contribution in [0.15, 0.2) is 12.1 Å². The molecular formula is C18H27F2N. The summed E-state index contributed by atoms with van der Waals surface area (Å²) >= 11 is 0. The second-order valence-corrected chi connectivity index (χ2v) is 6.49. The zero-order chi connectivity index (χ0) is 15.4. The zero-order valence-corrected chi connectivity index (χ0v) is 13.4. The number of hydrogen-bond acceptors (Lipinski definition) is 1. The molecule has 1 aromatic rings. The predicted octanol–water partition coefficient (Wildman–Crippen LogP) is 4.79. The van der Waals surface area contributed by atoms with Gasteiger partial charge in [-0.3, -0.25) is 0 Å². The van der Waals surface area contributed by atoms with Crippen LogP contribution in [0.2, 0.25) is 0 Å². The van der Waals surface area contributed by atoms with E-state index in [0.717, 1.165) is 19.4 Å². The third kappa shape index (κ3) is 3.63. The van der Waals surface area contributed by atoms with E-state index in [1.165, 1.54) is 19.3 Å². The van der Waals surface area contributed by atoms with Crippen LogP contribution in [0.1, 0.15) is 56.1 Å². The minimum atomic E-state index is -0.673. The Morgan fingerprint density at radius 1 is 1.19 bits per heavy atom. The molecule has 0 heterocycles. The number of benzene rings is 1. The van der Waals surface area contributed by atoms with Crippen LogP contribution in [-0.2, 0) is 0 Å². The van der Waals surface area contributed by atoms with Crippen molar-refractivity contribution >= 4 is 0 Å². The molecule has 1 aromatic carbocycles. The van der Waals surface area contributed by atoms with Crippen LogP contribution in [0.5, 0.6) is 0 Å². The van der Waals surface area contributed by atoms with E-state index in [1.54, 1.807) is 19.1 Å². The molecule has 1 aliphatic rings. The summed E-state index contributed by atoms with van der Waals surface area (Å²) in [6.07, 6.45) is 5.66. The predicted molar refractivity (Wildman–Crippen MR) is 83.5 cm³/mol. The lowest BCUT2D eigenvalue weighted by atomic mass is 9.70. The van der Waals surface area contributed by atoms with Crippen LogP contribution >= 0.6 is 0 Å². The molecule has 2 rings (SSSR count). The van der Waals surface area contributed by atoms with Gasteiger partial charge in [-0.1, -0.05) is 38.3 Å². The van der Waals surface area contributed by atoms with E-state index in [2.05, 4.69) is 12.2 Å². The molecule has 0 aromatic heterocycles. The topological polar surface area (TPSA) is 12.0 Å². The summed E-state index contributed by atoms with van der Waals surface area (Å²) < 4.78 is 28.3. The average Bonchev–Trinajstić information content (AvgIpc) is 2.47. The van der Waals surface area contributed by atoms with E-state index in [-0.39, 0.29) is 5.92 Å². The third-order valence-electron chi connectivity index (χ3n) is 4.97. The first-order valence-electron chi connectivity index (χ1n) is 8.17. The van der Waals surface area contributed by atoms with E-state index in [1.807, 2.05) is 7.05 Å². The average molecular weight is 295 g/mol. The van der Waals surface area contributed by atoms with Crippen LogP contribution in [0, 0.1) is 30.4 Å². The van der Waals surface area contributed by atoms with Crippen molar-refractivity contribution in [1.29, 1.82) is 0 Å². The molecule has 0 bridgehead atoms. The molecule has 1 nitrogen and oxygen atoms in total. The molecule has 3 unspecified atom stereocenters. The molecule has 3 heteroatoms. The Morgan fingerprint density at radius 2 is 1.95 bits per heavy atom. The van der Waals surface area contributed by atoms with Crippen LogP contribution in [0.25, 0.3) is 0 Å². The SMILES string of the molecule is CCCC1CCC(CNC)C(c2ccc(C)c(F)c2F)C1. The van der Waals surface area contributed by atoms with E-state index in [4.69, 9.17) is 0 Å². The lowest BCUT2D eigenvalue weighted by molar-refractivity contribution is 0.218. The summed E-state index contributed by atoms with van der Waals surface area (Å²) in [5, 5.41) is 3.21. The number of rotatable bonds is 5. The highest BCUT2D eigenvalue weighted by atomic mass is 19.2. The van der Waals surface area contributed by atoms with E-state index < -0.39 is 11.6 Å². The Labute approximate surface area is 127 Å². The fourth-order valence-electron chi connectivity index (χ4n) is 3.83. The quantitative estimate of drug-likeness (QED) is 0.823. The van der Waals surface area contributed by atoms with Gasteiger partial charge in [0.15, 0.2) is 11.6 Å². The van der Waals surface area contributed by atoms with Gasteiger partial charge >= 0.3 is 0 Å². The number of nitrogens with one attached hydrogen (secondary N) is 1. The van der Waals surface area contributed by atoms with Crippen LogP contribution < -0.4 is 5.32 Å². The zero-order valence-electron chi connectivity index (χ0n) is 13.4. The fourth-order valence-corrected chi connectivity index (χ4v) is 3.83. The van der Waals surface area contributed by atoms with Crippen molar-refractivity contribution in [3.8, 4) is 0 Å². The highest BCUT2D eigenvalue weighted by molar-refractivity contribution is 5.29. The Balaban J connectivity index is 2.28. The summed E-state index contributed by atoms with van der Waals surface area (Å²) in [6.45, 7) is 4.69. The second kappa shape index (κ2) is 7.35. The normalized spacial score (nSPS) is 26.0. The maximum atomic E-state index is 14.4. The maximum absolute atomic E-state index is 14.4. The second-order valence-electron chi connectivity index (χ2n) is 6.49. The van der Waals surface area contributed by atoms with Crippen molar-refractivity contribution in [3.05, 3.63) is 34.9 Å². The lowest BCUT2D eigenvalue weighted by Gasteiger charge is -2.37. The highest BCUT2D eigenvalue weighted by Crippen LogP contribution is 2.43. The first-order valence-corrected chi connectivity index (χ1v) is 8.17. The van der Waals surface area contributed by atoms with Gasteiger partial charge in [0.1, 0.15) is 0 Å². The molecule has 0 aliphatic heterocycles. The molecule has 1 saturated carbocycles. The van der Waals surface area contributed by atoms with E-state index in [0.29, 0.717) is 23.0 Å². The van der Waals surface area contributed by atoms with Crippen LogP contribution in [-0.4, -0.2) is 13.6 Å².